The van der Waals surface area contributed by atoms with Gasteiger partial charge >= 0.3 is 0 Å². The van der Waals surface area contributed by atoms with Gasteiger partial charge in [-0.2, -0.15) is 0 Å². The van der Waals surface area contributed by atoms with Gasteiger partial charge in [-0.25, -0.2) is 0 Å². The predicted octanol–water partition coefficient (Wildman–Crippen LogP) is 3.65. The number of aryl methyl sites for hydroxylation is 1. The molecule has 2 aromatic carbocycles. The molecule has 1 atom stereocenters. The van der Waals surface area contributed by atoms with Crippen LogP contribution in [-0.4, -0.2) is 11.4 Å². The molecule has 0 spiro atoms. The zero-order valence-electron chi connectivity index (χ0n) is 12.8. The van der Waals surface area contributed by atoms with Crippen LogP contribution in [0.3, 0.4) is 0 Å². The summed E-state index contributed by atoms with van der Waals surface area (Å²) < 4.78 is 0. The van der Waals surface area contributed by atoms with Gasteiger partial charge in [-0.3, -0.25) is 4.90 Å². The summed E-state index contributed by atoms with van der Waals surface area (Å²) in [6, 6.07) is 17.6. The number of hydrogen-bond donors (Lipinski definition) is 1. The highest BCUT2D eigenvalue weighted by molar-refractivity contribution is 5.31. The van der Waals surface area contributed by atoms with Crippen LogP contribution in [0, 0.1) is 0 Å². The van der Waals surface area contributed by atoms with E-state index in [1.54, 1.807) is 0 Å². The smallest absolute Gasteiger partial charge is 0.0424 e. The molecule has 2 nitrogen and oxygen atoms in total. The van der Waals surface area contributed by atoms with Gasteiger partial charge in [0.2, 0.25) is 0 Å². The number of fused-ring (bicyclic) bond motifs is 1. The van der Waals surface area contributed by atoms with Crippen LogP contribution in [-0.2, 0) is 19.5 Å². The minimum absolute atomic E-state index is 0.0926. The maximum atomic E-state index is 6.39. The van der Waals surface area contributed by atoms with Crippen LogP contribution < -0.4 is 5.73 Å². The minimum Gasteiger partial charge on any atom is -0.323 e. The fourth-order valence-corrected chi connectivity index (χ4v) is 3.14. The quantitative estimate of drug-likeness (QED) is 0.905. The molecule has 21 heavy (non-hydrogen) atoms. The van der Waals surface area contributed by atoms with Crippen molar-refractivity contribution in [3.05, 3.63) is 70.8 Å². The lowest BCUT2D eigenvalue weighted by molar-refractivity contribution is 0.266. The van der Waals surface area contributed by atoms with E-state index >= 15 is 0 Å². The first kappa shape index (κ1) is 14.3. The van der Waals surface area contributed by atoms with E-state index < -0.39 is 0 Å². The fourth-order valence-electron chi connectivity index (χ4n) is 3.14. The highest BCUT2D eigenvalue weighted by Gasteiger charge is 2.20. The third-order valence-electron chi connectivity index (χ3n) is 4.31. The van der Waals surface area contributed by atoms with Crippen molar-refractivity contribution in [1.29, 1.82) is 0 Å². The molecule has 2 aromatic rings. The summed E-state index contributed by atoms with van der Waals surface area (Å²) in [5.74, 6) is 0. The summed E-state index contributed by atoms with van der Waals surface area (Å²) in [5, 5.41) is 0. The van der Waals surface area contributed by atoms with Crippen LogP contribution in [0.25, 0.3) is 0 Å². The summed E-state index contributed by atoms with van der Waals surface area (Å²) in [5.41, 5.74) is 11.9. The van der Waals surface area contributed by atoms with E-state index in [1.165, 1.54) is 28.7 Å². The Hall–Kier alpha value is -1.64. The second kappa shape index (κ2) is 6.42. The Morgan fingerprint density at radius 3 is 2.19 bits per heavy atom. The number of nitrogens with zero attached hydrogens (tertiary/aromatic N) is 1. The van der Waals surface area contributed by atoms with E-state index in [1.807, 2.05) is 0 Å². The van der Waals surface area contributed by atoms with Crippen LogP contribution in [0.15, 0.2) is 48.5 Å². The molecular weight excluding hydrogens is 256 g/mol. The minimum atomic E-state index is 0.0926. The molecule has 0 amide bonds. The van der Waals surface area contributed by atoms with Gasteiger partial charge < -0.3 is 5.73 Å². The van der Waals surface area contributed by atoms with Gasteiger partial charge in [-0.1, -0.05) is 61.9 Å². The predicted molar refractivity (Wildman–Crippen MR) is 87.9 cm³/mol. The largest absolute Gasteiger partial charge is 0.323 e. The van der Waals surface area contributed by atoms with Crippen molar-refractivity contribution in [2.75, 3.05) is 6.54 Å². The molecule has 2 heteroatoms. The number of rotatable bonds is 5. The van der Waals surface area contributed by atoms with E-state index in [-0.39, 0.29) is 6.04 Å². The van der Waals surface area contributed by atoms with Crippen molar-refractivity contribution in [1.82, 2.24) is 4.90 Å². The first-order chi connectivity index (χ1) is 10.3. The summed E-state index contributed by atoms with van der Waals surface area (Å²) in [7, 11) is 0. The maximum absolute atomic E-state index is 6.39. The summed E-state index contributed by atoms with van der Waals surface area (Å²) in [6.45, 7) is 5.18. The summed E-state index contributed by atoms with van der Waals surface area (Å²) >= 11 is 0. The van der Waals surface area contributed by atoms with Gasteiger partial charge in [0.1, 0.15) is 0 Å². The molecule has 0 saturated carbocycles. The normalized spacial score (nSPS) is 15.9. The monoisotopic (exact) mass is 280 g/mol. The lowest BCUT2D eigenvalue weighted by atomic mass is 10.0. The van der Waals surface area contributed by atoms with Gasteiger partial charge in [0.25, 0.3) is 0 Å². The lowest BCUT2D eigenvalue weighted by Crippen LogP contribution is -2.28. The summed E-state index contributed by atoms with van der Waals surface area (Å²) in [4.78, 5) is 2.44. The van der Waals surface area contributed by atoms with E-state index in [4.69, 9.17) is 5.73 Å². The standard InChI is InChI=1S/C19H24N2/c1-2-5-15-8-10-16(11-9-15)19(20)14-21-12-17-6-3-4-7-18(17)13-21/h3-4,6-11,19H,2,5,12-14,20H2,1H3. The molecule has 2 N–H and O–H groups in total. The zero-order chi connectivity index (χ0) is 14.7. The van der Waals surface area contributed by atoms with Crippen molar-refractivity contribution in [3.63, 3.8) is 0 Å². The SMILES string of the molecule is CCCc1ccc(C(N)CN2Cc3ccccc3C2)cc1. The molecule has 1 aliphatic heterocycles. The number of nitrogens with two attached hydrogens (primary N) is 1. The maximum Gasteiger partial charge on any atom is 0.0424 e. The molecule has 0 aliphatic carbocycles. The van der Waals surface area contributed by atoms with Crippen molar-refractivity contribution < 1.29 is 0 Å². The highest BCUT2D eigenvalue weighted by atomic mass is 15.1. The molecule has 0 aromatic heterocycles. The molecule has 1 unspecified atom stereocenters. The van der Waals surface area contributed by atoms with E-state index in [0.717, 1.165) is 26.1 Å². The van der Waals surface area contributed by atoms with Crippen LogP contribution in [0.2, 0.25) is 0 Å². The number of benzene rings is 2. The zero-order valence-corrected chi connectivity index (χ0v) is 12.8. The Labute approximate surface area is 127 Å². The summed E-state index contributed by atoms with van der Waals surface area (Å²) in [6.07, 6.45) is 2.34. The Balaban J connectivity index is 1.61. The molecular formula is C19H24N2. The van der Waals surface area contributed by atoms with Crippen LogP contribution >= 0.6 is 0 Å². The van der Waals surface area contributed by atoms with Gasteiger partial charge in [0, 0.05) is 25.7 Å². The molecule has 0 radical (unpaired) electrons. The molecule has 1 heterocycles. The van der Waals surface area contributed by atoms with Crippen LogP contribution in [0.4, 0.5) is 0 Å². The highest BCUT2D eigenvalue weighted by Crippen LogP contribution is 2.24. The van der Waals surface area contributed by atoms with Gasteiger partial charge in [-0.15, -0.1) is 0 Å². The van der Waals surface area contributed by atoms with Crippen LogP contribution in [0.1, 0.15) is 41.6 Å². The Kier molecular flexibility index (Phi) is 4.37. The topological polar surface area (TPSA) is 29.3 Å². The second-order valence-corrected chi connectivity index (χ2v) is 6.04. The van der Waals surface area contributed by atoms with Gasteiger partial charge in [-0.05, 0) is 28.7 Å². The van der Waals surface area contributed by atoms with Crippen molar-refractivity contribution in [2.24, 2.45) is 5.73 Å². The first-order valence-corrected chi connectivity index (χ1v) is 7.90. The number of hydrogen-bond acceptors (Lipinski definition) is 2. The molecule has 110 valence electrons. The average Bonchev–Trinajstić information content (AvgIpc) is 2.90. The lowest BCUT2D eigenvalue weighted by Gasteiger charge is -2.20. The van der Waals surface area contributed by atoms with Crippen molar-refractivity contribution in [3.8, 4) is 0 Å². The van der Waals surface area contributed by atoms with E-state index in [9.17, 15) is 0 Å². The molecule has 0 saturated heterocycles. The van der Waals surface area contributed by atoms with Gasteiger partial charge in [0.15, 0.2) is 0 Å². The average molecular weight is 280 g/mol. The van der Waals surface area contributed by atoms with E-state index in [2.05, 4.69) is 60.4 Å². The Morgan fingerprint density at radius 2 is 1.62 bits per heavy atom. The Bertz CT molecular complexity index is 564. The molecule has 1 aliphatic rings. The molecule has 3 rings (SSSR count). The molecule has 0 fully saturated rings. The Morgan fingerprint density at radius 1 is 1.00 bits per heavy atom. The van der Waals surface area contributed by atoms with E-state index in [0.29, 0.717) is 0 Å². The van der Waals surface area contributed by atoms with Gasteiger partial charge in [0.05, 0.1) is 0 Å². The fraction of sp³-hybridized carbons (Fsp3) is 0.368. The third-order valence-corrected chi connectivity index (χ3v) is 4.31. The van der Waals surface area contributed by atoms with Crippen LogP contribution in [0.5, 0.6) is 0 Å². The molecule has 0 bridgehead atoms. The van der Waals surface area contributed by atoms with Crippen molar-refractivity contribution >= 4 is 0 Å². The third kappa shape index (κ3) is 3.34. The van der Waals surface area contributed by atoms with Crippen molar-refractivity contribution in [2.45, 2.75) is 38.9 Å². The first-order valence-electron chi connectivity index (χ1n) is 7.90. The second-order valence-electron chi connectivity index (χ2n) is 6.04.